The highest BCUT2D eigenvalue weighted by molar-refractivity contribution is 8.13. The molecule has 0 aromatic heterocycles. The van der Waals surface area contributed by atoms with Crippen LogP contribution in [-0.2, 0) is 0 Å². The number of hydrogen-bond acceptors (Lipinski definition) is 3. The molecule has 34 heavy (non-hydrogen) atoms. The third-order valence-corrected chi connectivity index (χ3v) is 7.05. The molecule has 0 radical (unpaired) electrons. The number of carbonyl (C=O) groups is 2. The minimum atomic E-state index is -0.123. The van der Waals surface area contributed by atoms with Gasteiger partial charge in [-0.2, -0.15) is 0 Å². The first kappa shape index (κ1) is 33.1. The minimum Gasteiger partial charge on any atom is -0.347 e. The van der Waals surface area contributed by atoms with Crippen molar-refractivity contribution in [1.82, 2.24) is 16.0 Å². The number of rotatable bonds is 25. The van der Waals surface area contributed by atoms with Gasteiger partial charge in [-0.25, -0.2) is 4.79 Å². The van der Waals surface area contributed by atoms with E-state index in [1.54, 1.807) is 0 Å². The van der Waals surface area contributed by atoms with Gasteiger partial charge in [-0.3, -0.25) is 4.79 Å². The second-order valence-electron chi connectivity index (χ2n) is 9.61. The molecule has 0 spiro atoms. The second-order valence-corrected chi connectivity index (χ2v) is 10.7. The highest BCUT2D eigenvalue weighted by Crippen LogP contribution is 2.11. The van der Waals surface area contributed by atoms with E-state index in [-0.39, 0.29) is 11.3 Å². The van der Waals surface area contributed by atoms with Gasteiger partial charge in [-0.15, -0.1) is 0 Å². The van der Waals surface area contributed by atoms with Gasteiger partial charge in [-0.1, -0.05) is 141 Å². The number of urea groups is 1. The molecule has 0 aromatic rings. The summed E-state index contributed by atoms with van der Waals surface area (Å²) >= 11 is 1.25. The predicted molar refractivity (Wildman–Crippen MR) is 151 cm³/mol. The molecule has 0 saturated carbocycles. The van der Waals surface area contributed by atoms with E-state index in [4.69, 9.17) is 0 Å². The van der Waals surface area contributed by atoms with Crippen LogP contribution in [0.1, 0.15) is 142 Å². The van der Waals surface area contributed by atoms with Gasteiger partial charge in [0.1, 0.15) is 0 Å². The Balaban J connectivity index is 3.28. The number of unbranched alkanes of at least 4 members (excludes halogenated alkanes) is 18. The Bertz CT molecular complexity index is 409. The maximum atomic E-state index is 11.9. The topological polar surface area (TPSA) is 70.2 Å². The van der Waals surface area contributed by atoms with Crippen LogP contribution in [0.4, 0.5) is 9.59 Å². The van der Waals surface area contributed by atoms with E-state index in [0.29, 0.717) is 12.3 Å². The number of hydrogen-bond donors (Lipinski definition) is 3. The zero-order valence-electron chi connectivity index (χ0n) is 22.7. The van der Waals surface area contributed by atoms with Crippen molar-refractivity contribution in [1.29, 1.82) is 0 Å². The summed E-state index contributed by atoms with van der Waals surface area (Å²) in [6.07, 6.45) is 26.0. The molecule has 0 saturated heterocycles. The zero-order valence-corrected chi connectivity index (χ0v) is 23.5. The van der Waals surface area contributed by atoms with Crippen molar-refractivity contribution in [3.05, 3.63) is 0 Å². The Kier molecular flexibility index (Phi) is 27.6. The maximum absolute atomic E-state index is 11.9. The summed E-state index contributed by atoms with van der Waals surface area (Å²) in [7, 11) is 0. The molecular weight excluding hydrogens is 442 g/mol. The van der Waals surface area contributed by atoms with Crippen molar-refractivity contribution in [2.45, 2.75) is 142 Å². The normalized spacial score (nSPS) is 10.9. The Morgan fingerprint density at radius 1 is 0.471 bits per heavy atom. The van der Waals surface area contributed by atoms with Crippen LogP contribution in [-0.4, -0.2) is 36.7 Å². The molecule has 0 aliphatic carbocycles. The predicted octanol–water partition coefficient (Wildman–Crippen LogP) is 8.57. The van der Waals surface area contributed by atoms with E-state index in [1.165, 1.54) is 127 Å². The molecule has 0 rings (SSSR count). The second kappa shape index (κ2) is 28.3. The van der Waals surface area contributed by atoms with Gasteiger partial charge in [0.2, 0.25) is 0 Å². The average molecular weight is 500 g/mol. The molecule has 0 atom stereocenters. The van der Waals surface area contributed by atoms with Gasteiger partial charge < -0.3 is 16.0 Å². The van der Waals surface area contributed by atoms with Crippen molar-refractivity contribution < 1.29 is 9.59 Å². The van der Waals surface area contributed by atoms with E-state index >= 15 is 0 Å². The van der Waals surface area contributed by atoms with Crippen molar-refractivity contribution in [3.63, 3.8) is 0 Å². The number of thioether (sulfide) groups is 1. The molecule has 0 aliphatic heterocycles. The first-order chi connectivity index (χ1) is 16.7. The van der Waals surface area contributed by atoms with Crippen LogP contribution in [0.5, 0.6) is 0 Å². The summed E-state index contributed by atoms with van der Waals surface area (Å²) in [6.45, 7) is 6.52. The van der Waals surface area contributed by atoms with E-state index in [1.807, 2.05) is 0 Å². The molecule has 3 amide bonds. The number of carbonyl (C=O) groups excluding carboxylic acids is 2. The molecule has 0 unspecified atom stereocenters. The fourth-order valence-electron chi connectivity index (χ4n) is 4.04. The highest BCUT2D eigenvalue weighted by Gasteiger charge is 2.03. The monoisotopic (exact) mass is 499 g/mol. The Morgan fingerprint density at radius 3 is 1.26 bits per heavy atom. The molecule has 0 bridgehead atoms. The molecule has 0 fully saturated rings. The van der Waals surface area contributed by atoms with Crippen molar-refractivity contribution in [3.8, 4) is 0 Å². The maximum Gasteiger partial charge on any atom is 0.314 e. The molecule has 0 heterocycles. The number of amides is 3. The quantitative estimate of drug-likeness (QED) is 0.110. The molecule has 5 nitrogen and oxygen atoms in total. The Hall–Kier alpha value is -0.910. The van der Waals surface area contributed by atoms with Crippen LogP contribution in [0.2, 0.25) is 0 Å². The summed E-state index contributed by atoms with van der Waals surface area (Å²) in [6, 6.07) is -0.123. The van der Waals surface area contributed by atoms with Crippen LogP contribution < -0.4 is 16.0 Å². The lowest BCUT2D eigenvalue weighted by atomic mass is 10.1. The third-order valence-electron chi connectivity index (χ3n) is 6.24. The van der Waals surface area contributed by atoms with Crippen LogP contribution in [0.3, 0.4) is 0 Å². The molecular formula is C28H57N3O2S. The summed E-state index contributed by atoms with van der Waals surface area (Å²) in [5.41, 5.74) is 0. The van der Waals surface area contributed by atoms with Gasteiger partial charge >= 0.3 is 6.03 Å². The van der Waals surface area contributed by atoms with Gasteiger partial charge in [0.25, 0.3) is 5.24 Å². The molecule has 6 heteroatoms. The lowest BCUT2D eigenvalue weighted by molar-refractivity contribution is 0.241. The Morgan fingerprint density at radius 2 is 0.824 bits per heavy atom. The van der Waals surface area contributed by atoms with Crippen molar-refractivity contribution in [2.75, 3.05) is 25.4 Å². The van der Waals surface area contributed by atoms with Crippen LogP contribution >= 0.6 is 11.8 Å². The lowest BCUT2D eigenvalue weighted by Gasteiger charge is -2.08. The van der Waals surface area contributed by atoms with E-state index in [2.05, 4.69) is 29.8 Å². The number of nitrogens with one attached hydrogen (secondary N) is 3. The molecule has 0 aromatic carbocycles. The van der Waals surface area contributed by atoms with Crippen molar-refractivity contribution >= 4 is 23.0 Å². The molecule has 202 valence electrons. The van der Waals surface area contributed by atoms with Crippen LogP contribution in [0.25, 0.3) is 0 Å². The summed E-state index contributed by atoms with van der Waals surface area (Å²) in [4.78, 5) is 23.7. The van der Waals surface area contributed by atoms with Crippen LogP contribution in [0, 0.1) is 0 Å². The minimum absolute atomic E-state index is 0.0171. The van der Waals surface area contributed by atoms with E-state index in [9.17, 15) is 9.59 Å². The Labute approximate surface area is 216 Å². The fourth-order valence-corrected chi connectivity index (χ4v) is 4.63. The molecule has 3 N–H and O–H groups in total. The standard InChI is InChI=1S/C28H57N3O2S/c1-3-5-7-9-11-13-15-17-19-21-23-29-27(32)30-25-26-34-28(33)31-24-22-20-18-16-14-12-10-8-6-4-2/h3-26H2,1-2H3,(H,31,33)(H2,29,30,32). The van der Waals surface area contributed by atoms with E-state index < -0.39 is 0 Å². The van der Waals surface area contributed by atoms with Gasteiger partial charge in [0.05, 0.1) is 0 Å². The third kappa shape index (κ3) is 27.3. The first-order valence-electron chi connectivity index (χ1n) is 14.6. The van der Waals surface area contributed by atoms with E-state index in [0.717, 1.165) is 25.9 Å². The lowest BCUT2D eigenvalue weighted by Crippen LogP contribution is -2.37. The SMILES string of the molecule is CCCCCCCCCCCCNC(=O)NCCSC(=O)NCCCCCCCCCCCC. The van der Waals surface area contributed by atoms with Gasteiger partial charge in [-0.05, 0) is 12.8 Å². The average Bonchev–Trinajstić information content (AvgIpc) is 2.83. The summed E-state index contributed by atoms with van der Waals surface area (Å²) < 4.78 is 0. The zero-order chi connectivity index (χ0) is 25.0. The largest absolute Gasteiger partial charge is 0.347 e. The fraction of sp³-hybridized carbons (Fsp3) is 0.929. The van der Waals surface area contributed by atoms with Gasteiger partial charge in [0, 0.05) is 25.4 Å². The van der Waals surface area contributed by atoms with Gasteiger partial charge in [0.15, 0.2) is 0 Å². The smallest absolute Gasteiger partial charge is 0.314 e. The summed E-state index contributed by atoms with van der Waals surface area (Å²) in [5.74, 6) is 0.607. The van der Waals surface area contributed by atoms with Crippen LogP contribution in [0.15, 0.2) is 0 Å². The summed E-state index contributed by atoms with van der Waals surface area (Å²) in [5, 5.41) is 8.73. The molecule has 0 aliphatic rings. The highest BCUT2D eigenvalue weighted by atomic mass is 32.2. The van der Waals surface area contributed by atoms with Crippen molar-refractivity contribution in [2.24, 2.45) is 0 Å². The first-order valence-corrected chi connectivity index (χ1v) is 15.6.